The Balaban J connectivity index is 1.59. The van der Waals surface area contributed by atoms with Gasteiger partial charge in [0.25, 0.3) is 0 Å². The number of thioether (sulfide) groups is 1. The first kappa shape index (κ1) is 23.7. The molecule has 0 bridgehead atoms. The molecule has 0 fully saturated rings. The average Bonchev–Trinajstić information content (AvgIpc) is 3.14. The van der Waals surface area contributed by atoms with Crippen molar-refractivity contribution in [1.82, 2.24) is 14.9 Å². The summed E-state index contributed by atoms with van der Waals surface area (Å²) in [6.07, 6.45) is 0. The minimum atomic E-state index is -0.121. The summed E-state index contributed by atoms with van der Waals surface area (Å²) in [6.45, 7) is 12.7. The summed E-state index contributed by atoms with van der Waals surface area (Å²) in [6, 6.07) is 16.0. The van der Waals surface area contributed by atoms with Gasteiger partial charge in [-0.15, -0.1) is 10.2 Å². The lowest BCUT2D eigenvalue weighted by Crippen LogP contribution is -2.21. The summed E-state index contributed by atoms with van der Waals surface area (Å²) < 4.78 is 1.43. The maximum atomic E-state index is 12.4. The van der Waals surface area contributed by atoms with Crippen molar-refractivity contribution in [2.24, 2.45) is 0 Å². The van der Waals surface area contributed by atoms with E-state index < -0.39 is 0 Å². The molecule has 7 nitrogen and oxygen atoms in total. The monoisotopic (exact) mass is 452 g/mol. The average molecular weight is 453 g/mol. The second-order valence-electron chi connectivity index (χ2n) is 8.56. The van der Waals surface area contributed by atoms with Gasteiger partial charge in [0, 0.05) is 30.0 Å². The van der Waals surface area contributed by atoms with Crippen LogP contribution in [0.3, 0.4) is 0 Å². The molecule has 3 N–H and O–H groups in total. The van der Waals surface area contributed by atoms with E-state index in [1.165, 1.54) is 22.0 Å². The van der Waals surface area contributed by atoms with Gasteiger partial charge in [0.2, 0.25) is 11.1 Å². The number of rotatable bonds is 8. The zero-order chi connectivity index (χ0) is 23.3. The lowest BCUT2D eigenvalue weighted by Gasteiger charge is -2.21. The number of hydrogen-bond acceptors (Lipinski definition) is 6. The molecule has 32 heavy (non-hydrogen) atoms. The van der Waals surface area contributed by atoms with E-state index in [0.717, 1.165) is 30.0 Å². The van der Waals surface area contributed by atoms with E-state index in [2.05, 4.69) is 67.2 Å². The van der Waals surface area contributed by atoms with E-state index in [4.69, 9.17) is 5.84 Å². The largest absolute Gasteiger partial charge is 0.372 e. The third-order valence-electron chi connectivity index (χ3n) is 5.29. The van der Waals surface area contributed by atoms with E-state index in [1.807, 2.05) is 36.4 Å². The van der Waals surface area contributed by atoms with Gasteiger partial charge >= 0.3 is 0 Å². The molecular weight excluding hydrogens is 420 g/mol. The Morgan fingerprint density at radius 2 is 1.66 bits per heavy atom. The number of benzene rings is 2. The highest BCUT2D eigenvalue weighted by molar-refractivity contribution is 7.99. The molecule has 0 aliphatic carbocycles. The van der Waals surface area contributed by atoms with E-state index in [1.54, 1.807) is 0 Å². The highest BCUT2D eigenvalue weighted by Crippen LogP contribution is 2.26. The Morgan fingerprint density at radius 3 is 2.22 bits per heavy atom. The zero-order valence-corrected chi connectivity index (χ0v) is 20.2. The van der Waals surface area contributed by atoms with Crippen LogP contribution in [0.4, 0.5) is 11.4 Å². The second-order valence-corrected chi connectivity index (χ2v) is 9.50. The Morgan fingerprint density at radius 1 is 1.03 bits per heavy atom. The van der Waals surface area contributed by atoms with Crippen molar-refractivity contribution in [2.45, 2.75) is 45.2 Å². The molecule has 0 unspecified atom stereocenters. The summed E-state index contributed by atoms with van der Waals surface area (Å²) in [5.74, 6) is 6.84. The van der Waals surface area contributed by atoms with Gasteiger partial charge in [0.1, 0.15) is 0 Å². The summed E-state index contributed by atoms with van der Waals surface area (Å²) in [4.78, 5) is 14.6. The molecule has 0 atom stereocenters. The molecule has 1 aromatic heterocycles. The molecule has 1 heterocycles. The summed E-state index contributed by atoms with van der Waals surface area (Å²) in [5, 5.41) is 11.8. The molecular formula is C24H32N6OS. The lowest BCUT2D eigenvalue weighted by atomic mass is 9.87. The first-order chi connectivity index (χ1) is 15.2. The highest BCUT2D eigenvalue weighted by Gasteiger charge is 2.16. The SMILES string of the molecule is CCN(CC)c1ccc(NC(=O)CSc2nnc(-c3ccc(C(C)(C)C)cc3)n2N)cc1. The van der Waals surface area contributed by atoms with Crippen molar-refractivity contribution in [2.75, 3.05) is 34.9 Å². The Kier molecular flexibility index (Phi) is 7.45. The van der Waals surface area contributed by atoms with Crippen LogP contribution in [0.25, 0.3) is 11.4 Å². The van der Waals surface area contributed by atoms with Crippen LogP contribution in [0.5, 0.6) is 0 Å². The Bertz CT molecular complexity index is 1030. The van der Waals surface area contributed by atoms with Gasteiger partial charge in [0.15, 0.2) is 5.82 Å². The van der Waals surface area contributed by atoms with Gasteiger partial charge in [-0.3, -0.25) is 4.79 Å². The van der Waals surface area contributed by atoms with Crippen LogP contribution < -0.4 is 16.1 Å². The number of nitrogens with two attached hydrogens (primary N) is 1. The van der Waals surface area contributed by atoms with Crippen LogP contribution >= 0.6 is 11.8 Å². The maximum Gasteiger partial charge on any atom is 0.234 e. The summed E-state index contributed by atoms with van der Waals surface area (Å²) in [5.41, 5.74) is 4.11. The van der Waals surface area contributed by atoms with Crippen molar-refractivity contribution in [1.29, 1.82) is 0 Å². The molecule has 3 rings (SSSR count). The number of nitrogens with one attached hydrogen (secondary N) is 1. The zero-order valence-electron chi connectivity index (χ0n) is 19.4. The van der Waals surface area contributed by atoms with Crippen LogP contribution in [0, 0.1) is 0 Å². The molecule has 0 aliphatic rings. The number of nitrogens with zero attached hydrogens (tertiary/aromatic N) is 4. The molecule has 0 aliphatic heterocycles. The van der Waals surface area contributed by atoms with Crippen LogP contribution in [-0.4, -0.2) is 39.6 Å². The van der Waals surface area contributed by atoms with Gasteiger partial charge in [-0.2, -0.15) is 0 Å². The minimum Gasteiger partial charge on any atom is -0.372 e. The quantitative estimate of drug-likeness (QED) is 0.385. The predicted molar refractivity (Wildman–Crippen MR) is 134 cm³/mol. The molecule has 2 aromatic carbocycles. The molecule has 1 amide bonds. The summed E-state index contributed by atoms with van der Waals surface area (Å²) >= 11 is 1.26. The van der Waals surface area contributed by atoms with Crippen molar-refractivity contribution in [3.05, 3.63) is 54.1 Å². The van der Waals surface area contributed by atoms with E-state index in [-0.39, 0.29) is 17.1 Å². The lowest BCUT2D eigenvalue weighted by molar-refractivity contribution is -0.113. The molecule has 0 saturated heterocycles. The van der Waals surface area contributed by atoms with Crippen LogP contribution in [-0.2, 0) is 10.2 Å². The number of nitrogen functional groups attached to an aromatic ring is 1. The maximum absolute atomic E-state index is 12.4. The van der Waals surface area contributed by atoms with E-state index >= 15 is 0 Å². The third-order valence-corrected chi connectivity index (χ3v) is 6.23. The molecule has 0 saturated carbocycles. The third kappa shape index (κ3) is 5.62. The predicted octanol–water partition coefficient (Wildman–Crippen LogP) is 4.53. The number of anilines is 2. The van der Waals surface area contributed by atoms with Gasteiger partial charge in [-0.25, -0.2) is 4.68 Å². The molecule has 3 aromatic rings. The molecule has 170 valence electrons. The number of hydrogen-bond donors (Lipinski definition) is 2. The van der Waals surface area contributed by atoms with Crippen molar-refractivity contribution in [3.63, 3.8) is 0 Å². The van der Waals surface area contributed by atoms with Crippen LogP contribution in [0.2, 0.25) is 0 Å². The Labute approximate surface area is 194 Å². The fourth-order valence-electron chi connectivity index (χ4n) is 3.36. The van der Waals surface area contributed by atoms with Gasteiger partial charge in [-0.05, 0) is 49.1 Å². The summed E-state index contributed by atoms with van der Waals surface area (Å²) in [7, 11) is 0. The molecule has 8 heteroatoms. The smallest absolute Gasteiger partial charge is 0.234 e. The van der Waals surface area contributed by atoms with Crippen LogP contribution in [0.15, 0.2) is 53.7 Å². The van der Waals surface area contributed by atoms with Crippen LogP contribution in [0.1, 0.15) is 40.2 Å². The first-order valence-corrected chi connectivity index (χ1v) is 11.8. The number of carbonyl (C=O) groups excluding carboxylic acids is 1. The standard InChI is InChI=1S/C24H32N6OS/c1-6-29(7-2)20-14-12-19(13-15-20)26-21(31)16-32-23-28-27-22(30(23)25)17-8-10-18(11-9-17)24(3,4)5/h8-15H,6-7,16,25H2,1-5H3,(H,26,31). The molecule has 0 radical (unpaired) electrons. The fraction of sp³-hybridized carbons (Fsp3) is 0.375. The fourth-order valence-corrected chi connectivity index (χ4v) is 4.02. The number of aromatic nitrogens is 3. The number of amides is 1. The van der Waals surface area contributed by atoms with Crippen molar-refractivity contribution in [3.8, 4) is 11.4 Å². The first-order valence-electron chi connectivity index (χ1n) is 10.8. The van der Waals surface area contributed by atoms with Gasteiger partial charge in [0.05, 0.1) is 5.75 Å². The Hall–Kier alpha value is -3.00. The van der Waals surface area contributed by atoms with Crippen molar-refractivity contribution >= 4 is 29.0 Å². The highest BCUT2D eigenvalue weighted by atomic mass is 32.2. The van der Waals surface area contributed by atoms with Crippen molar-refractivity contribution < 1.29 is 4.79 Å². The minimum absolute atomic E-state index is 0.0784. The second kappa shape index (κ2) is 10.1. The van der Waals surface area contributed by atoms with Gasteiger partial charge in [-0.1, -0.05) is 56.8 Å². The van der Waals surface area contributed by atoms with Gasteiger partial charge < -0.3 is 16.1 Å². The number of carbonyl (C=O) groups is 1. The molecule has 0 spiro atoms. The van der Waals surface area contributed by atoms with E-state index in [9.17, 15) is 4.79 Å². The van der Waals surface area contributed by atoms with E-state index in [0.29, 0.717) is 11.0 Å². The topological polar surface area (TPSA) is 89.1 Å². The normalized spacial score (nSPS) is 11.4.